The third-order valence-corrected chi connectivity index (χ3v) is 2.83. The van der Waals surface area contributed by atoms with Gasteiger partial charge in [-0.3, -0.25) is 4.79 Å². The van der Waals surface area contributed by atoms with Gasteiger partial charge < -0.3 is 4.74 Å². The fourth-order valence-electron chi connectivity index (χ4n) is 1.76. The average Bonchev–Trinajstić information content (AvgIpc) is 2.48. The molecule has 0 N–H and O–H groups in total. The Labute approximate surface area is 113 Å². The lowest BCUT2D eigenvalue weighted by molar-refractivity contribution is 0.0996. The fourth-order valence-corrected chi connectivity index (χ4v) is 1.76. The summed E-state index contributed by atoms with van der Waals surface area (Å²) in [6, 6.07) is 17.1. The molecule has 0 aliphatic carbocycles. The third-order valence-electron chi connectivity index (χ3n) is 2.83. The first-order chi connectivity index (χ1) is 9.29. The number of hydrogen-bond acceptors (Lipinski definition) is 2. The quantitative estimate of drug-likeness (QED) is 0.752. The van der Waals surface area contributed by atoms with Gasteiger partial charge in [-0.25, -0.2) is 0 Å². The number of methoxy groups -OCH3 is 1. The van der Waals surface area contributed by atoms with E-state index in [-0.39, 0.29) is 5.78 Å². The summed E-state index contributed by atoms with van der Waals surface area (Å²) in [5.41, 5.74) is 1.81. The van der Waals surface area contributed by atoms with Gasteiger partial charge in [0.05, 0.1) is 7.11 Å². The maximum absolute atomic E-state index is 11.9. The fraction of sp³-hybridized carbons (Fsp3) is 0.118. The summed E-state index contributed by atoms with van der Waals surface area (Å²) in [5, 5.41) is 0. The molecule has 0 unspecified atom stereocenters. The SMILES string of the molecule is COc1ccc(C(=O)C/C=C/c2ccccc2)cc1. The van der Waals surface area contributed by atoms with E-state index in [0.29, 0.717) is 12.0 Å². The highest BCUT2D eigenvalue weighted by Gasteiger charge is 2.03. The molecule has 0 heterocycles. The third kappa shape index (κ3) is 3.81. The molecule has 19 heavy (non-hydrogen) atoms. The van der Waals surface area contributed by atoms with Gasteiger partial charge in [-0.15, -0.1) is 0 Å². The molecule has 0 saturated carbocycles. The van der Waals surface area contributed by atoms with Gasteiger partial charge >= 0.3 is 0 Å². The Kier molecular flexibility index (Phi) is 4.51. The molecule has 0 amide bonds. The van der Waals surface area contributed by atoms with Gasteiger partial charge in [0.25, 0.3) is 0 Å². The minimum atomic E-state index is 0.106. The summed E-state index contributed by atoms with van der Waals surface area (Å²) in [6.07, 6.45) is 4.25. The van der Waals surface area contributed by atoms with Crippen molar-refractivity contribution in [1.29, 1.82) is 0 Å². The standard InChI is InChI=1S/C17H16O2/c1-19-16-12-10-15(11-13-16)17(18)9-5-8-14-6-3-2-4-7-14/h2-8,10-13H,9H2,1H3/b8-5+. The van der Waals surface area contributed by atoms with E-state index in [1.54, 1.807) is 31.4 Å². The van der Waals surface area contributed by atoms with Gasteiger partial charge in [0.2, 0.25) is 0 Å². The van der Waals surface area contributed by atoms with Gasteiger partial charge in [0.1, 0.15) is 5.75 Å². The number of carbonyl (C=O) groups is 1. The second kappa shape index (κ2) is 6.55. The molecule has 0 spiro atoms. The summed E-state index contributed by atoms with van der Waals surface area (Å²) in [4.78, 5) is 11.9. The highest BCUT2D eigenvalue weighted by atomic mass is 16.5. The van der Waals surface area contributed by atoms with Crippen LogP contribution in [-0.2, 0) is 0 Å². The van der Waals surface area contributed by atoms with Gasteiger partial charge in [0, 0.05) is 12.0 Å². The van der Waals surface area contributed by atoms with E-state index < -0.39 is 0 Å². The van der Waals surface area contributed by atoms with Crippen LogP contribution in [0.3, 0.4) is 0 Å². The van der Waals surface area contributed by atoms with Crippen molar-refractivity contribution in [3.05, 3.63) is 71.8 Å². The van der Waals surface area contributed by atoms with E-state index in [4.69, 9.17) is 4.74 Å². The van der Waals surface area contributed by atoms with E-state index in [9.17, 15) is 4.79 Å². The number of ether oxygens (including phenoxy) is 1. The lowest BCUT2D eigenvalue weighted by atomic mass is 10.1. The van der Waals surface area contributed by atoms with Crippen molar-refractivity contribution >= 4 is 11.9 Å². The normalized spacial score (nSPS) is 10.6. The van der Waals surface area contributed by atoms with Crippen LogP contribution in [0.15, 0.2) is 60.7 Å². The van der Waals surface area contributed by atoms with Crippen LogP contribution in [0.2, 0.25) is 0 Å². The number of ketones is 1. The Balaban J connectivity index is 1.95. The molecule has 0 aliphatic heterocycles. The molecule has 96 valence electrons. The Bertz CT molecular complexity index is 554. The molecule has 0 bridgehead atoms. The van der Waals surface area contributed by atoms with Crippen LogP contribution >= 0.6 is 0 Å². The van der Waals surface area contributed by atoms with Crippen LogP contribution in [0.1, 0.15) is 22.3 Å². The van der Waals surface area contributed by atoms with E-state index in [1.807, 2.05) is 42.5 Å². The lowest BCUT2D eigenvalue weighted by Gasteiger charge is -2.01. The number of benzene rings is 2. The van der Waals surface area contributed by atoms with Crippen molar-refractivity contribution in [2.75, 3.05) is 7.11 Å². The first-order valence-corrected chi connectivity index (χ1v) is 6.18. The zero-order valence-corrected chi connectivity index (χ0v) is 10.9. The zero-order chi connectivity index (χ0) is 13.5. The molecule has 0 aliphatic rings. The highest BCUT2D eigenvalue weighted by molar-refractivity contribution is 5.97. The van der Waals surface area contributed by atoms with Crippen LogP contribution in [-0.4, -0.2) is 12.9 Å². The van der Waals surface area contributed by atoms with Gasteiger partial charge in [-0.05, 0) is 29.8 Å². The van der Waals surface area contributed by atoms with E-state index >= 15 is 0 Å². The molecule has 0 saturated heterocycles. The Morgan fingerprint density at radius 3 is 2.37 bits per heavy atom. The summed E-state index contributed by atoms with van der Waals surface area (Å²) >= 11 is 0. The molecule has 2 heteroatoms. The molecule has 0 atom stereocenters. The second-order valence-corrected chi connectivity index (χ2v) is 4.17. The minimum Gasteiger partial charge on any atom is -0.497 e. The van der Waals surface area contributed by atoms with Crippen molar-refractivity contribution < 1.29 is 9.53 Å². The maximum atomic E-state index is 11.9. The van der Waals surface area contributed by atoms with Crippen LogP contribution < -0.4 is 4.74 Å². The number of carbonyl (C=O) groups excluding carboxylic acids is 1. The van der Waals surface area contributed by atoms with Gasteiger partial charge in [0.15, 0.2) is 5.78 Å². The van der Waals surface area contributed by atoms with Gasteiger partial charge in [-0.2, -0.15) is 0 Å². The summed E-state index contributed by atoms with van der Waals surface area (Å²) < 4.78 is 5.06. The number of rotatable bonds is 5. The van der Waals surface area contributed by atoms with Crippen LogP contribution in [0.25, 0.3) is 6.08 Å². The Morgan fingerprint density at radius 1 is 1.05 bits per heavy atom. The molecular formula is C17H16O2. The van der Waals surface area contributed by atoms with Crippen LogP contribution in [0, 0.1) is 0 Å². The molecule has 2 nitrogen and oxygen atoms in total. The van der Waals surface area contributed by atoms with E-state index in [1.165, 1.54) is 0 Å². The van der Waals surface area contributed by atoms with Crippen molar-refractivity contribution in [3.63, 3.8) is 0 Å². The number of allylic oxidation sites excluding steroid dienone is 1. The minimum absolute atomic E-state index is 0.106. The number of Topliss-reactive ketones (excluding diaryl/α,β-unsaturated/α-hetero) is 1. The maximum Gasteiger partial charge on any atom is 0.166 e. The topological polar surface area (TPSA) is 26.3 Å². The first kappa shape index (κ1) is 13.1. The molecule has 2 aromatic carbocycles. The van der Waals surface area contributed by atoms with Crippen LogP contribution in [0.4, 0.5) is 0 Å². The Morgan fingerprint density at radius 2 is 1.74 bits per heavy atom. The van der Waals surface area contributed by atoms with Crippen LogP contribution in [0.5, 0.6) is 5.75 Å². The summed E-state index contributed by atoms with van der Waals surface area (Å²) in [7, 11) is 1.61. The monoisotopic (exact) mass is 252 g/mol. The summed E-state index contributed by atoms with van der Waals surface area (Å²) in [6.45, 7) is 0. The zero-order valence-electron chi connectivity index (χ0n) is 10.9. The average molecular weight is 252 g/mol. The Hall–Kier alpha value is -2.35. The predicted molar refractivity (Wildman–Crippen MR) is 77.4 cm³/mol. The molecule has 0 fully saturated rings. The molecule has 0 radical (unpaired) electrons. The van der Waals surface area contributed by atoms with Crippen molar-refractivity contribution in [2.24, 2.45) is 0 Å². The second-order valence-electron chi connectivity index (χ2n) is 4.17. The molecule has 2 aromatic rings. The largest absolute Gasteiger partial charge is 0.497 e. The van der Waals surface area contributed by atoms with Gasteiger partial charge in [-0.1, -0.05) is 42.5 Å². The van der Waals surface area contributed by atoms with Crippen molar-refractivity contribution in [3.8, 4) is 5.75 Å². The molecular weight excluding hydrogens is 236 g/mol. The lowest BCUT2D eigenvalue weighted by Crippen LogP contribution is -1.96. The van der Waals surface area contributed by atoms with E-state index in [2.05, 4.69) is 0 Å². The molecule has 2 rings (SSSR count). The first-order valence-electron chi connectivity index (χ1n) is 6.18. The summed E-state index contributed by atoms with van der Waals surface area (Å²) in [5.74, 6) is 0.867. The smallest absolute Gasteiger partial charge is 0.166 e. The molecule has 0 aromatic heterocycles. The predicted octanol–water partition coefficient (Wildman–Crippen LogP) is 3.98. The van der Waals surface area contributed by atoms with E-state index in [0.717, 1.165) is 11.3 Å². The number of hydrogen-bond donors (Lipinski definition) is 0. The van der Waals surface area contributed by atoms with Crippen molar-refractivity contribution in [1.82, 2.24) is 0 Å². The highest BCUT2D eigenvalue weighted by Crippen LogP contribution is 2.13. The van der Waals surface area contributed by atoms with Crippen molar-refractivity contribution in [2.45, 2.75) is 6.42 Å².